The molecule has 2 aromatic rings. The SMILES string of the molecule is COCCOC(=O)C1=C(C)N(c2cc(C)ccc2C)C(=S)NC1c1ccc(OC)c(OC)c1. The fourth-order valence-corrected chi connectivity index (χ4v) is 4.19. The third kappa shape index (κ3) is 5.12. The van der Waals surface area contributed by atoms with Gasteiger partial charge in [0, 0.05) is 12.8 Å². The zero-order valence-corrected chi connectivity index (χ0v) is 20.7. The average molecular weight is 471 g/mol. The molecule has 3 rings (SSSR count). The van der Waals surface area contributed by atoms with Gasteiger partial charge in [-0.3, -0.25) is 4.90 Å². The minimum Gasteiger partial charge on any atom is -0.493 e. The highest BCUT2D eigenvalue weighted by molar-refractivity contribution is 7.80. The molecule has 33 heavy (non-hydrogen) atoms. The van der Waals surface area contributed by atoms with Crippen LogP contribution in [0.5, 0.6) is 11.5 Å². The second-order valence-electron chi connectivity index (χ2n) is 7.75. The van der Waals surface area contributed by atoms with E-state index in [1.807, 2.05) is 49.9 Å². The van der Waals surface area contributed by atoms with Crippen molar-refractivity contribution in [3.63, 3.8) is 0 Å². The first-order valence-electron chi connectivity index (χ1n) is 10.6. The molecule has 1 N–H and O–H groups in total. The van der Waals surface area contributed by atoms with E-state index >= 15 is 0 Å². The summed E-state index contributed by atoms with van der Waals surface area (Å²) in [6.45, 7) is 6.39. The molecule has 0 saturated carbocycles. The monoisotopic (exact) mass is 470 g/mol. The summed E-state index contributed by atoms with van der Waals surface area (Å²) in [7, 11) is 4.72. The van der Waals surface area contributed by atoms with Gasteiger partial charge in [-0.15, -0.1) is 0 Å². The van der Waals surface area contributed by atoms with E-state index in [2.05, 4.69) is 11.4 Å². The highest BCUT2D eigenvalue weighted by Crippen LogP contribution is 2.38. The molecule has 1 unspecified atom stereocenters. The number of carbonyl (C=O) groups excluding carboxylic acids is 1. The number of carbonyl (C=O) groups is 1. The van der Waals surface area contributed by atoms with Crippen LogP contribution in [0.1, 0.15) is 29.7 Å². The second-order valence-corrected chi connectivity index (χ2v) is 8.14. The standard InChI is InChI=1S/C25H30N2O5S/c1-15-7-8-16(2)19(13-15)27-17(3)22(24(28)32-12-11-29-4)23(26-25(27)33)18-9-10-20(30-5)21(14-18)31-6/h7-10,13-14,23H,11-12H2,1-6H3,(H,26,33). The predicted octanol–water partition coefficient (Wildman–Crippen LogP) is 4.22. The van der Waals surface area contributed by atoms with Gasteiger partial charge in [-0.25, -0.2) is 4.79 Å². The Morgan fingerprint density at radius 2 is 1.73 bits per heavy atom. The molecule has 0 aliphatic carbocycles. The molecule has 0 radical (unpaired) electrons. The first-order chi connectivity index (χ1) is 15.8. The summed E-state index contributed by atoms with van der Waals surface area (Å²) in [5.41, 5.74) is 5.02. The molecular weight excluding hydrogens is 440 g/mol. The van der Waals surface area contributed by atoms with Gasteiger partial charge in [0.2, 0.25) is 0 Å². The molecule has 0 fully saturated rings. The Bertz CT molecular complexity index is 1080. The number of nitrogens with one attached hydrogen (secondary N) is 1. The van der Waals surface area contributed by atoms with E-state index in [0.29, 0.717) is 34.5 Å². The number of aryl methyl sites for hydroxylation is 2. The van der Waals surface area contributed by atoms with Crippen molar-refractivity contribution in [2.24, 2.45) is 0 Å². The van der Waals surface area contributed by atoms with Gasteiger partial charge in [-0.1, -0.05) is 18.2 Å². The zero-order valence-electron chi connectivity index (χ0n) is 19.9. The van der Waals surface area contributed by atoms with Gasteiger partial charge in [0.25, 0.3) is 0 Å². The van der Waals surface area contributed by atoms with Gasteiger partial charge >= 0.3 is 5.97 Å². The van der Waals surface area contributed by atoms with Crippen LogP contribution >= 0.6 is 12.2 Å². The number of hydrogen-bond donors (Lipinski definition) is 1. The van der Waals surface area contributed by atoms with E-state index < -0.39 is 12.0 Å². The molecule has 0 amide bonds. The fourth-order valence-electron chi connectivity index (χ4n) is 3.84. The lowest BCUT2D eigenvalue weighted by molar-refractivity contribution is -0.140. The maximum absolute atomic E-state index is 13.3. The first-order valence-corrected chi connectivity index (χ1v) is 11.0. The summed E-state index contributed by atoms with van der Waals surface area (Å²) in [4.78, 5) is 15.2. The van der Waals surface area contributed by atoms with Crippen LogP contribution in [0.4, 0.5) is 5.69 Å². The van der Waals surface area contributed by atoms with Crippen LogP contribution in [-0.4, -0.2) is 45.6 Å². The predicted molar refractivity (Wildman–Crippen MR) is 132 cm³/mol. The molecule has 0 saturated heterocycles. The van der Waals surface area contributed by atoms with E-state index in [0.717, 1.165) is 22.4 Å². The van der Waals surface area contributed by atoms with Crippen LogP contribution in [0.25, 0.3) is 0 Å². The average Bonchev–Trinajstić information content (AvgIpc) is 2.80. The van der Waals surface area contributed by atoms with Crippen molar-refractivity contribution < 1.29 is 23.7 Å². The minimum atomic E-state index is -0.520. The number of benzene rings is 2. The van der Waals surface area contributed by atoms with Gasteiger partial charge in [0.05, 0.1) is 38.1 Å². The maximum atomic E-state index is 13.3. The third-order valence-corrected chi connectivity index (χ3v) is 5.87. The van der Waals surface area contributed by atoms with E-state index in [4.69, 9.17) is 31.2 Å². The molecule has 1 aliphatic heterocycles. The van der Waals surface area contributed by atoms with Crippen molar-refractivity contribution in [3.05, 3.63) is 64.4 Å². The van der Waals surface area contributed by atoms with Crippen LogP contribution < -0.4 is 19.7 Å². The van der Waals surface area contributed by atoms with Crippen molar-refractivity contribution in [2.45, 2.75) is 26.8 Å². The van der Waals surface area contributed by atoms with Crippen molar-refractivity contribution in [1.29, 1.82) is 0 Å². The van der Waals surface area contributed by atoms with E-state index in [1.54, 1.807) is 27.4 Å². The molecule has 1 atom stereocenters. The fraction of sp³-hybridized carbons (Fsp3) is 0.360. The van der Waals surface area contributed by atoms with Crippen molar-refractivity contribution in [1.82, 2.24) is 5.32 Å². The number of esters is 1. The van der Waals surface area contributed by atoms with E-state index in [-0.39, 0.29) is 6.61 Å². The van der Waals surface area contributed by atoms with Crippen molar-refractivity contribution >= 4 is 29.0 Å². The molecule has 2 aromatic carbocycles. The highest BCUT2D eigenvalue weighted by atomic mass is 32.1. The van der Waals surface area contributed by atoms with Crippen LogP contribution in [0.3, 0.4) is 0 Å². The molecule has 1 aliphatic rings. The Hall–Kier alpha value is -3.10. The second kappa shape index (κ2) is 10.7. The van der Waals surface area contributed by atoms with Gasteiger partial charge in [-0.2, -0.15) is 0 Å². The lowest BCUT2D eigenvalue weighted by atomic mass is 9.94. The van der Waals surface area contributed by atoms with Crippen LogP contribution in [0.15, 0.2) is 47.7 Å². The van der Waals surface area contributed by atoms with Crippen LogP contribution in [0, 0.1) is 13.8 Å². The number of hydrogen-bond acceptors (Lipinski definition) is 6. The van der Waals surface area contributed by atoms with Gasteiger partial charge < -0.3 is 24.3 Å². The molecular formula is C25H30N2O5S. The summed E-state index contributed by atoms with van der Waals surface area (Å²) in [6, 6.07) is 11.1. The number of thiocarbonyl (C=S) groups is 1. The van der Waals surface area contributed by atoms with Crippen molar-refractivity contribution in [2.75, 3.05) is 39.4 Å². The molecule has 176 valence electrons. The van der Waals surface area contributed by atoms with E-state index in [9.17, 15) is 4.79 Å². The highest BCUT2D eigenvalue weighted by Gasteiger charge is 2.36. The lowest BCUT2D eigenvalue weighted by Crippen LogP contribution is -2.48. The molecule has 0 spiro atoms. The topological polar surface area (TPSA) is 69.3 Å². The summed E-state index contributed by atoms with van der Waals surface area (Å²) in [5, 5.41) is 3.83. The number of anilines is 1. The quantitative estimate of drug-likeness (QED) is 0.349. The Labute approximate surface area is 200 Å². The van der Waals surface area contributed by atoms with Crippen LogP contribution in [-0.2, 0) is 14.3 Å². The van der Waals surface area contributed by atoms with Gasteiger partial charge in [0.15, 0.2) is 16.6 Å². The Balaban J connectivity index is 2.14. The smallest absolute Gasteiger partial charge is 0.338 e. The summed E-state index contributed by atoms with van der Waals surface area (Å²) >= 11 is 5.77. The van der Waals surface area contributed by atoms with Crippen molar-refractivity contribution in [3.8, 4) is 11.5 Å². The Kier molecular flexibility index (Phi) is 7.94. The minimum absolute atomic E-state index is 0.151. The Morgan fingerprint density at radius 3 is 2.39 bits per heavy atom. The summed E-state index contributed by atoms with van der Waals surface area (Å²) in [5.74, 6) is 0.723. The van der Waals surface area contributed by atoms with Crippen LogP contribution in [0.2, 0.25) is 0 Å². The zero-order chi connectivity index (χ0) is 24.1. The largest absolute Gasteiger partial charge is 0.493 e. The number of ether oxygens (including phenoxy) is 4. The summed E-state index contributed by atoms with van der Waals surface area (Å²) in [6.07, 6.45) is 0. The molecule has 0 bridgehead atoms. The molecule has 7 nitrogen and oxygen atoms in total. The molecule has 8 heteroatoms. The first kappa shape index (κ1) is 24.5. The van der Waals surface area contributed by atoms with E-state index in [1.165, 1.54) is 0 Å². The van der Waals surface area contributed by atoms with Gasteiger partial charge in [0.1, 0.15) is 6.61 Å². The number of allylic oxidation sites excluding steroid dienone is 1. The number of methoxy groups -OCH3 is 3. The normalized spacial score (nSPS) is 15.9. The van der Waals surface area contributed by atoms with Gasteiger partial charge in [-0.05, 0) is 67.9 Å². The summed E-state index contributed by atoms with van der Waals surface area (Å²) < 4.78 is 21.4. The molecule has 1 heterocycles. The Morgan fingerprint density at radius 1 is 1.00 bits per heavy atom. The lowest BCUT2D eigenvalue weighted by Gasteiger charge is -2.38. The number of nitrogens with zero attached hydrogens (tertiary/aromatic N) is 1. The number of rotatable bonds is 8. The third-order valence-electron chi connectivity index (χ3n) is 5.57. The maximum Gasteiger partial charge on any atom is 0.338 e. The molecule has 0 aromatic heterocycles.